The summed E-state index contributed by atoms with van der Waals surface area (Å²) in [6.07, 6.45) is -3.88. The van der Waals surface area contributed by atoms with Gasteiger partial charge >= 0.3 is 12.1 Å². The minimum Gasteiger partial charge on any atom is -0.481 e. The summed E-state index contributed by atoms with van der Waals surface area (Å²) in [6, 6.07) is 1.01. The predicted molar refractivity (Wildman–Crippen MR) is 56.6 cm³/mol. The van der Waals surface area contributed by atoms with Crippen LogP contribution in [0.4, 0.5) is 13.2 Å². The molecule has 1 rings (SSSR count). The van der Waals surface area contributed by atoms with Gasteiger partial charge in [0.25, 0.3) is 0 Å². The van der Waals surface area contributed by atoms with Gasteiger partial charge in [-0.25, -0.2) is 0 Å². The number of carboxylic acid groups (broad SMARTS) is 1. The van der Waals surface area contributed by atoms with E-state index in [1.54, 1.807) is 11.8 Å². The summed E-state index contributed by atoms with van der Waals surface area (Å²) in [4.78, 5) is 12.3. The minimum atomic E-state index is -4.53. The maximum atomic E-state index is 12.5. The van der Waals surface area contributed by atoms with Crippen LogP contribution < -0.4 is 0 Å². The molecule has 0 bridgehead atoms. The number of aliphatic carboxylic acids is 1. The van der Waals surface area contributed by atoms with Crippen LogP contribution in [0, 0.1) is 23.2 Å². The lowest BCUT2D eigenvalue weighted by Gasteiger charge is -2.37. The molecule has 0 amide bonds. The van der Waals surface area contributed by atoms with E-state index in [9.17, 15) is 18.0 Å². The van der Waals surface area contributed by atoms with Gasteiger partial charge in [-0.05, 0) is 26.3 Å². The molecule has 1 aliphatic heterocycles. The maximum Gasteiger partial charge on any atom is 0.405 e. The lowest BCUT2D eigenvalue weighted by atomic mass is 9.91. The Labute approximate surface area is 103 Å². The molecule has 1 heterocycles. The van der Waals surface area contributed by atoms with Crippen LogP contribution in [0.1, 0.15) is 19.8 Å². The van der Waals surface area contributed by atoms with Crippen LogP contribution in [0.15, 0.2) is 0 Å². The van der Waals surface area contributed by atoms with Gasteiger partial charge in [-0.3, -0.25) is 9.69 Å². The first-order chi connectivity index (χ1) is 8.25. The average Bonchev–Trinajstić information content (AvgIpc) is 2.25. The van der Waals surface area contributed by atoms with Crippen molar-refractivity contribution >= 4 is 5.97 Å². The summed E-state index contributed by atoms with van der Waals surface area (Å²) < 4.78 is 37.4. The number of rotatable bonds is 3. The molecule has 0 radical (unpaired) electrons. The number of halogens is 3. The fraction of sp³-hybridized carbons (Fsp3) is 0.818. The molecule has 7 heteroatoms. The van der Waals surface area contributed by atoms with Crippen LogP contribution in [-0.2, 0) is 4.79 Å². The highest BCUT2D eigenvalue weighted by atomic mass is 19.4. The van der Waals surface area contributed by atoms with E-state index in [1.807, 2.05) is 0 Å². The van der Waals surface area contributed by atoms with E-state index in [4.69, 9.17) is 10.4 Å². The summed E-state index contributed by atoms with van der Waals surface area (Å²) in [6.45, 7) is 1.60. The zero-order valence-electron chi connectivity index (χ0n) is 9.94. The summed E-state index contributed by atoms with van der Waals surface area (Å²) in [5.41, 5.74) is 0. The molecule has 1 N–H and O–H groups in total. The number of hydrogen-bond acceptors (Lipinski definition) is 3. The quantitative estimate of drug-likeness (QED) is 0.845. The molecule has 0 spiro atoms. The molecule has 0 aromatic rings. The molecule has 18 heavy (non-hydrogen) atoms. The molecule has 1 fully saturated rings. The summed E-state index contributed by atoms with van der Waals surface area (Å²) in [5.74, 6) is -3.42. The first-order valence-corrected chi connectivity index (χ1v) is 5.69. The fourth-order valence-corrected chi connectivity index (χ4v) is 2.17. The second kappa shape index (κ2) is 5.57. The van der Waals surface area contributed by atoms with Gasteiger partial charge in [-0.1, -0.05) is 0 Å². The van der Waals surface area contributed by atoms with Crippen molar-refractivity contribution in [3.8, 4) is 6.07 Å². The van der Waals surface area contributed by atoms with Crippen molar-refractivity contribution in [1.29, 1.82) is 5.26 Å². The third-order valence-electron chi connectivity index (χ3n) is 3.33. The minimum absolute atomic E-state index is 0.252. The van der Waals surface area contributed by atoms with Crippen molar-refractivity contribution in [2.45, 2.75) is 32.0 Å². The largest absolute Gasteiger partial charge is 0.481 e. The lowest BCUT2D eigenvalue weighted by molar-refractivity contribution is -0.166. The van der Waals surface area contributed by atoms with E-state index in [-0.39, 0.29) is 19.1 Å². The summed E-state index contributed by atoms with van der Waals surface area (Å²) in [5, 5.41) is 17.4. The molecular formula is C11H15F3N2O2. The Morgan fingerprint density at radius 2 is 2.22 bits per heavy atom. The lowest BCUT2D eigenvalue weighted by Crippen LogP contribution is -2.46. The van der Waals surface area contributed by atoms with Crippen molar-refractivity contribution in [1.82, 2.24) is 4.90 Å². The van der Waals surface area contributed by atoms with Crippen LogP contribution in [-0.4, -0.2) is 41.3 Å². The van der Waals surface area contributed by atoms with E-state index in [1.165, 1.54) is 6.07 Å². The monoisotopic (exact) mass is 264 g/mol. The van der Waals surface area contributed by atoms with Gasteiger partial charge in [0.2, 0.25) is 0 Å². The number of nitriles is 1. The number of hydrogen-bond donors (Lipinski definition) is 1. The summed E-state index contributed by atoms with van der Waals surface area (Å²) >= 11 is 0. The average molecular weight is 264 g/mol. The number of carboxylic acids is 1. The van der Waals surface area contributed by atoms with Gasteiger partial charge in [0.05, 0.1) is 12.0 Å². The highest BCUT2D eigenvalue weighted by molar-refractivity contribution is 5.70. The Kier molecular flexibility index (Phi) is 4.57. The van der Waals surface area contributed by atoms with E-state index in [0.717, 1.165) is 0 Å². The third-order valence-corrected chi connectivity index (χ3v) is 3.33. The van der Waals surface area contributed by atoms with Crippen molar-refractivity contribution in [3.63, 3.8) is 0 Å². The smallest absolute Gasteiger partial charge is 0.405 e. The van der Waals surface area contributed by atoms with Crippen molar-refractivity contribution in [2.75, 3.05) is 13.1 Å². The van der Waals surface area contributed by atoms with Crippen LogP contribution in [0.25, 0.3) is 0 Å². The van der Waals surface area contributed by atoms with E-state index >= 15 is 0 Å². The summed E-state index contributed by atoms with van der Waals surface area (Å²) in [7, 11) is 0. The highest BCUT2D eigenvalue weighted by Gasteiger charge is 2.42. The van der Waals surface area contributed by atoms with Gasteiger partial charge in [0.15, 0.2) is 5.92 Å². The molecule has 3 unspecified atom stereocenters. The second-order valence-electron chi connectivity index (χ2n) is 4.63. The molecule has 3 atom stereocenters. The van der Waals surface area contributed by atoms with Crippen molar-refractivity contribution < 1.29 is 23.1 Å². The number of likely N-dealkylation sites (tertiary alicyclic amines) is 1. The number of nitrogens with zero attached hydrogens (tertiary/aromatic N) is 2. The fourth-order valence-electron chi connectivity index (χ4n) is 2.17. The Hall–Kier alpha value is -1.29. The molecule has 0 aromatic carbocycles. The van der Waals surface area contributed by atoms with Crippen LogP contribution >= 0.6 is 0 Å². The molecule has 1 saturated heterocycles. The zero-order chi connectivity index (χ0) is 13.9. The van der Waals surface area contributed by atoms with Gasteiger partial charge in [0.1, 0.15) is 0 Å². The molecule has 1 aliphatic rings. The zero-order valence-corrected chi connectivity index (χ0v) is 9.94. The molecule has 0 aliphatic carbocycles. The molecule has 102 valence electrons. The molecule has 4 nitrogen and oxygen atoms in total. The third kappa shape index (κ3) is 3.60. The van der Waals surface area contributed by atoms with Gasteiger partial charge < -0.3 is 5.11 Å². The van der Waals surface area contributed by atoms with Crippen molar-refractivity contribution in [2.24, 2.45) is 11.8 Å². The van der Waals surface area contributed by atoms with Crippen molar-refractivity contribution in [3.05, 3.63) is 0 Å². The number of piperidine rings is 1. The first-order valence-electron chi connectivity index (χ1n) is 5.69. The number of carbonyl (C=O) groups is 1. The standard InChI is InChI=1S/C11H15F3N2O2/c1-7-4-8(10(17)18)2-3-16(7)6-9(5-15)11(12,13)14/h7-9H,2-4,6H2,1H3,(H,17,18). The van der Waals surface area contributed by atoms with Gasteiger partial charge in [-0.15, -0.1) is 0 Å². The van der Waals surface area contributed by atoms with Gasteiger partial charge in [0, 0.05) is 12.6 Å². The second-order valence-corrected chi connectivity index (χ2v) is 4.63. The Bertz CT molecular complexity index is 351. The first kappa shape index (κ1) is 14.8. The Morgan fingerprint density at radius 1 is 1.61 bits per heavy atom. The molecule has 0 saturated carbocycles. The topological polar surface area (TPSA) is 64.3 Å². The Morgan fingerprint density at radius 3 is 2.61 bits per heavy atom. The Balaban J connectivity index is 2.60. The SMILES string of the molecule is CC1CC(C(=O)O)CCN1CC(C#N)C(F)(F)F. The van der Waals surface area contributed by atoms with Crippen LogP contribution in [0.5, 0.6) is 0 Å². The van der Waals surface area contributed by atoms with E-state index in [2.05, 4.69) is 0 Å². The normalized spacial score (nSPS) is 27.5. The van der Waals surface area contributed by atoms with Crippen LogP contribution in [0.3, 0.4) is 0 Å². The predicted octanol–water partition coefficient (Wildman–Crippen LogP) is 1.87. The van der Waals surface area contributed by atoms with Gasteiger partial charge in [-0.2, -0.15) is 18.4 Å². The van der Waals surface area contributed by atoms with E-state index < -0.39 is 24.0 Å². The number of alkyl halides is 3. The maximum absolute atomic E-state index is 12.5. The van der Waals surface area contributed by atoms with E-state index in [0.29, 0.717) is 12.8 Å². The van der Waals surface area contributed by atoms with Crippen LogP contribution in [0.2, 0.25) is 0 Å². The highest BCUT2D eigenvalue weighted by Crippen LogP contribution is 2.30. The molecular weight excluding hydrogens is 249 g/mol. The molecule has 0 aromatic heterocycles.